The minimum atomic E-state index is -4.73. The first-order chi connectivity index (χ1) is 33.2. The van der Waals surface area contributed by atoms with E-state index in [4.69, 9.17) is 0 Å². The second-order valence-electron chi connectivity index (χ2n) is 17.5. The van der Waals surface area contributed by atoms with Crippen molar-refractivity contribution < 1.29 is 59.9 Å². The van der Waals surface area contributed by atoms with E-state index in [0.29, 0.717) is 22.3 Å². The molecule has 21 heteroatoms. The highest BCUT2D eigenvalue weighted by Crippen LogP contribution is 2.42. The average molecular weight is 966 g/mol. The zero-order valence-electron chi connectivity index (χ0n) is 37.1. The minimum absolute atomic E-state index is 0.0296. The van der Waals surface area contributed by atoms with E-state index in [1.165, 1.54) is 46.2 Å². The smallest absolute Gasteiger partial charge is 0.416 e. The molecule has 4 aromatic carbocycles. The highest BCUT2D eigenvalue weighted by molar-refractivity contribution is 6.08. The molecule has 4 heterocycles. The number of carbonyl (C=O) groups is 5. The van der Waals surface area contributed by atoms with Gasteiger partial charge in [-0.15, -0.1) is 0 Å². The maximum atomic E-state index is 14.3. The lowest BCUT2D eigenvalue weighted by molar-refractivity contribution is -0.904. The fourth-order valence-corrected chi connectivity index (χ4v) is 9.41. The largest absolute Gasteiger partial charge is 0.544 e. The van der Waals surface area contributed by atoms with Crippen molar-refractivity contribution in [3.63, 3.8) is 0 Å². The number of anilines is 2. The second kappa shape index (κ2) is 18.7. The predicted octanol–water partition coefficient (Wildman–Crippen LogP) is 5.88. The molecule has 0 aliphatic carbocycles. The number of alkyl halides is 6. The topological polar surface area (TPSA) is 193 Å². The summed E-state index contributed by atoms with van der Waals surface area (Å²) in [7, 11) is 1.65. The van der Waals surface area contributed by atoms with E-state index in [2.05, 4.69) is 10.6 Å². The normalized spacial score (nSPS) is 18.4. The summed E-state index contributed by atoms with van der Waals surface area (Å²) in [6, 6.07) is 20.9. The van der Waals surface area contributed by atoms with Gasteiger partial charge < -0.3 is 34.8 Å². The number of carbonyl (C=O) groups excluding carboxylic acids is 5. The van der Waals surface area contributed by atoms with Crippen LogP contribution in [0.2, 0.25) is 0 Å². The van der Waals surface area contributed by atoms with Crippen LogP contribution in [-0.2, 0) is 26.7 Å². The molecule has 6 amide bonds. The van der Waals surface area contributed by atoms with E-state index in [-0.39, 0.29) is 90.5 Å². The lowest BCUT2D eigenvalue weighted by atomic mass is 9.94. The van der Waals surface area contributed by atoms with Crippen molar-refractivity contribution in [2.75, 3.05) is 62.7 Å². The number of halogens is 6. The van der Waals surface area contributed by atoms with Crippen LogP contribution in [-0.4, -0.2) is 97.0 Å². The SMILES string of the molecule is C[N+](CCCN1CC2=C(C1=O)[C@@H](c1ccc(C#N)cc1)NC(=O)N2c1cccc(C(F)(F)F)c1)(CCCN1CC2=C(C1=O)[C@@H](c1ccc(C#N)cc1)NC(=O)N2c1cccc(C(F)(F)F)c1)CC(=O)[O-]. The lowest BCUT2D eigenvalue weighted by Gasteiger charge is -2.36. The molecule has 2 N–H and O–H groups in total. The zero-order chi connectivity index (χ0) is 50.3. The van der Waals surface area contributed by atoms with Crippen molar-refractivity contribution in [1.29, 1.82) is 10.5 Å². The molecule has 4 aliphatic rings. The summed E-state index contributed by atoms with van der Waals surface area (Å²) in [5, 5.41) is 36.3. The van der Waals surface area contributed by atoms with Crippen LogP contribution >= 0.6 is 0 Å². The molecule has 15 nitrogen and oxygen atoms in total. The Morgan fingerprint density at radius 1 is 0.657 bits per heavy atom. The molecule has 0 bridgehead atoms. The molecule has 70 heavy (non-hydrogen) atoms. The summed E-state index contributed by atoms with van der Waals surface area (Å²) >= 11 is 0. The number of carboxylic acids is 1. The molecule has 360 valence electrons. The molecule has 0 saturated heterocycles. The van der Waals surface area contributed by atoms with Gasteiger partial charge in [0.25, 0.3) is 11.8 Å². The summed E-state index contributed by atoms with van der Waals surface area (Å²) in [4.78, 5) is 73.2. The van der Waals surface area contributed by atoms with Gasteiger partial charge in [-0.05, 0) is 71.8 Å². The van der Waals surface area contributed by atoms with E-state index in [1.54, 1.807) is 31.3 Å². The molecule has 4 aromatic rings. The van der Waals surface area contributed by atoms with Crippen molar-refractivity contribution in [1.82, 2.24) is 20.4 Å². The summed E-state index contributed by atoms with van der Waals surface area (Å²) in [5.74, 6) is -2.43. The fourth-order valence-electron chi connectivity index (χ4n) is 9.41. The number of urea groups is 2. The zero-order valence-corrected chi connectivity index (χ0v) is 37.1. The summed E-state index contributed by atoms with van der Waals surface area (Å²) < 4.78 is 82.7. The number of nitriles is 2. The Hall–Kier alpha value is -8.17. The number of quaternary nitrogens is 1. The highest BCUT2D eigenvalue weighted by atomic mass is 19.4. The van der Waals surface area contributed by atoms with Crippen molar-refractivity contribution in [3.05, 3.63) is 153 Å². The third-order valence-electron chi connectivity index (χ3n) is 12.8. The van der Waals surface area contributed by atoms with E-state index in [0.717, 1.165) is 46.2 Å². The molecule has 0 saturated carbocycles. The third kappa shape index (κ3) is 9.60. The van der Waals surface area contributed by atoms with Gasteiger partial charge in [-0.2, -0.15) is 36.9 Å². The van der Waals surface area contributed by atoms with Crippen molar-refractivity contribution in [2.45, 2.75) is 37.3 Å². The van der Waals surface area contributed by atoms with E-state index < -0.39 is 72.0 Å². The van der Waals surface area contributed by atoms with Crippen LogP contribution in [0.4, 0.5) is 47.3 Å². The molecular weight excluding hydrogens is 925 g/mol. The average Bonchev–Trinajstić information content (AvgIpc) is 3.82. The number of likely N-dealkylation sites (N-methyl/N-ethyl adjacent to an activating group) is 1. The Kier molecular flexibility index (Phi) is 12.9. The number of aliphatic carboxylic acids is 1. The number of hydrogen-bond donors (Lipinski definition) is 2. The van der Waals surface area contributed by atoms with Gasteiger partial charge in [-0.25, -0.2) is 9.59 Å². The van der Waals surface area contributed by atoms with Gasteiger partial charge in [-0.1, -0.05) is 36.4 Å². The van der Waals surface area contributed by atoms with E-state index >= 15 is 0 Å². The fraction of sp³-hybridized carbons (Fsp3) is 0.286. The molecule has 0 radical (unpaired) electrons. The van der Waals surface area contributed by atoms with Crippen molar-refractivity contribution >= 4 is 41.2 Å². The lowest BCUT2D eigenvalue weighted by Crippen LogP contribution is -2.53. The maximum Gasteiger partial charge on any atom is 0.416 e. The van der Waals surface area contributed by atoms with Crippen LogP contribution in [0.15, 0.2) is 120 Å². The number of nitrogens with zero attached hydrogens (tertiary/aromatic N) is 7. The first-order valence-electron chi connectivity index (χ1n) is 21.8. The number of benzene rings is 4. The van der Waals surface area contributed by atoms with Crippen LogP contribution in [0.1, 0.15) is 58.3 Å². The van der Waals surface area contributed by atoms with Crippen molar-refractivity contribution in [2.24, 2.45) is 0 Å². The monoisotopic (exact) mass is 965 g/mol. The number of hydrogen-bond acceptors (Lipinski definition) is 8. The second-order valence-corrected chi connectivity index (χ2v) is 17.5. The summed E-state index contributed by atoms with van der Waals surface area (Å²) in [5.41, 5.74) is -0.275. The molecule has 8 rings (SSSR count). The Balaban J connectivity index is 0.989. The summed E-state index contributed by atoms with van der Waals surface area (Å²) in [6.07, 6.45) is -9.06. The van der Waals surface area contributed by atoms with Gasteiger partial charge in [0.2, 0.25) is 0 Å². The first-order valence-corrected chi connectivity index (χ1v) is 21.8. The standard InChI is InChI=1S/C49H41F6N9O6/c1-64(28-39(65)66,20-4-18-60-26-37-40(44(60)67)42(31-14-10-29(24-56)11-15-31)58-46(69)62(37)35-8-2-6-33(22-35)48(50,51)52)21-5-19-61-27-38-41(45(61)68)43(32-16-12-30(25-57)13-17-32)59-47(70)63(38)36-9-3-7-34(23-36)49(53,54)55/h2-3,6-17,22-23,42-43H,4-5,18-21,26-28H2,1H3,(H2-,58,59,65,66,69,70)/t42-,43-/m1/s1. The van der Waals surface area contributed by atoms with Crippen LogP contribution in [0.25, 0.3) is 0 Å². The molecule has 0 unspecified atom stereocenters. The van der Waals surface area contributed by atoms with Crippen molar-refractivity contribution in [3.8, 4) is 12.1 Å². The Morgan fingerprint density at radius 2 is 1.04 bits per heavy atom. The van der Waals surface area contributed by atoms with Crippen LogP contribution in [0, 0.1) is 22.7 Å². The van der Waals surface area contributed by atoms with E-state index in [9.17, 15) is 65.9 Å². The quantitative estimate of drug-likeness (QED) is 0.116. The Bertz CT molecular complexity index is 2750. The van der Waals surface area contributed by atoms with Gasteiger partial charge >= 0.3 is 24.4 Å². The number of nitrogens with one attached hydrogen (secondary N) is 2. The van der Waals surface area contributed by atoms with E-state index in [1.807, 2.05) is 12.1 Å². The molecular formula is C49H41F6N9O6. The number of rotatable bonds is 14. The van der Waals surface area contributed by atoms with Gasteiger partial charge in [0.05, 0.1) is 120 Å². The third-order valence-corrected chi connectivity index (χ3v) is 12.8. The molecule has 0 aromatic heterocycles. The first kappa shape index (κ1) is 48.3. The van der Waals surface area contributed by atoms with Crippen LogP contribution < -0.4 is 25.5 Å². The Labute approximate surface area is 396 Å². The van der Waals surface area contributed by atoms with Gasteiger partial charge in [0.1, 0.15) is 6.54 Å². The number of carboxylic acid groups (broad SMARTS) is 1. The van der Waals surface area contributed by atoms with Gasteiger partial charge in [0.15, 0.2) is 0 Å². The van der Waals surface area contributed by atoms with Crippen LogP contribution in [0.3, 0.4) is 0 Å². The Morgan fingerprint density at radius 3 is 1.39 bits per heavy atom. The van der Waals surface area contributed by atoms with Gasteiger partial charge in [-0.3, -0.25) is 19.4 Å². The molecule has 4 aliphatic heterocycles. The molecule has 2 atom stereocenters. The minimum Gasteiger partial charge on any atom is -0.544 e. The molecule has 0 fully saturated rings. The molecule has 0 spiro atoms. The number of amides is 6. The maximum absolute atomic E-state index is 14.3. The van der Waals surface area contributed by atoms with Gasteiger partial charge in [0, 0.05) is 25.9 Å². The summed E-state index contributed by atoms with van der Waals surface area (Å²) in [6.45, 7) is -0.466. The highest BCUT2D eigenvalue weighted by Gasteiger charge is 2.47. The van der Waals surface area contributed by atoms with Crippen LogP contribution in [0.5, 0.6) is 0 Å². The predicted molar refractivity (Wildman–Crippen MR) is 235 cm³/mol.